The van der Waals surface area contributed by atoms with E-state index in [-0.39, 0.29) is 17.7 Å². The number of ether oxygens (including phenoxy) is 1. The fraction of sp³-hybridized carbons (Fsp3) is 0.370. The van der Waals surface area contributed by atoms with Gasteiger partial charge in [0.05, 0.1) is 30.2 Å². The summed E-state index contributed by atoms with van der Waals surface area (Å²) in [5, 5.41) is 13.3. The van der Waals surface area contributed by atoms with E-state index >= 15 is 0 Å². The van der Waals surface area contributed by atoms with Gasteiger partial charge in [0.25, 0.3) is 0 Å². The van der Waals surface area contributed by atoms with Crippen LogP contribution in [-0.4, -0.2) is 62.5 Å². The van der Waals surface area contributed by atoms with Crippen LogP contribution in [0, 0.1) is 0 Å². The van der Waals surface area contributed by atoms with Crippen molar-refractivity contribution in [2.45, 2.75) is 38.6 Å². The van der Waals surface area contributed by atoms with E-state index in [1.807, 2.05) is 47.3 Å². The van der Waals surface area contributed by atoms with Crippen molar-refractivity contribution >= 4 is 44.3 Å². The summed E-state index contributed by atoms with van der Waals surface area (Å²) in [6, 6.07) is 11.8. The molecule has 11 heteroatoms. The first-order valence-electron chi connectivity index (χ1n) is 12.3. The van der Waals surface area contributed by atoms with Gasteiger partial charge in [0.2, 0.25) is 5.28 Å². The molecule has 1 aliphatic rings. The van der Waals surface area contributed by atoms with Gasteiger partial charge in [-0.25, -0.2) is 4.98 Å². The Balaban J connectivity index is 0.000000236. The maximum atomic E-state index is 12.7. The lowest BCUT2D eigenvalue weighted by Crippen LogP contribution is -2.11. The van der Waals surface area contributed by atoms with Crippen LogP contribution >= 0.6 is 27.5 Å². The van der Waals surface area contributed by atoms with Gasteiger partial charge in [0, 0.05) is 49.1 Å². The van der Waals surface area contributed by atoms with Crippen LogP contribution in [-0.2, 0) is 28.9 Å². The predicted octanol–water partition coefficient (Wildman–Crippen LogP) is 4.12. The first-order chi connectivity index (χ1) is 18.4. The molecule has 0 saturated carbocycles. The number of aliphatic hydroxyl groups is 1. The zero-order valence-corrected chi connectivity index (χ0v) is 23.8. The van der Waals surface area contributed by atoms with E-state index in [0.29, 0.717) is 30.9 Å². The third-order valence-corrected chi connectivity index (χ3v) is 6.35. The van der Waals surface area contributed by atoms with Gasteiger partial charge in [-0.1, -0.05) is 35.0 Å². The molecule has 0 radical (unpaired) electrons. The number of aliphatic hydroxyl groups excluding tert-OH is 1. The maximum absolute atomic E-state index is 12.7. The fourth-order valence-corrected chi connectivity index (χ4v) is 4.60. The molecule has 0 bridgehead atoms. The highest BCUT2D eigenvalue weighted by Crippen LogP contribution is 2.39. The number of ketones is 1. The summed E-state index contributed by atoms with van der Waals surface area (Å²) in [5.74, 6) is -0.290. The first-order valence-corrected chi connectivity index (χ1v) is 13.5. The number of methoxy groups -OCH3 is 1. The van der Waals surface area contributed by atoms with E-state index in [9.17, 15) is 4.79 Å². The molecule has 1 atom stereocenters. The van der Waals surface area contributed by atoms with Crippen molar-refractivity contribution < 1.29 is 14.6 Å². The van der Waals surface area contributed by atoms with Crippen LogP contribution in [0.25, 0.3) is 11.0 Å². The smallest absolute Gasteiger partial charge is 0.224 e. The number of halogens is 2. The molecule has 0 fully saturated rings. The van der Waals surface area contributed by atoms with Crippen molar-refractivity contribution in [2.75, 3.05) is 26.9 Å². The van der Waals surface area contributed by atoms with Crippen molar-refractivity contribution in [1.82, 2.24) is 24.7 Å². The summed E-state index contributed by atoms with van der Waals surface area (Å²) >= 11 is 9.59. The molecule has 1 aliphatic carbocycles. The van der Waals surface area contributed by atoms with Gasteiger partial charge in [-0.15, -0.1) is 0 Å². The Hall–Kier alpha value is -2.76. The number of nitrogens with two attached hydrogens (primary N) is 1. The lowest BCUT2D eigenvalue weighted by molar-refractivity contribution is -0.118. The van der Waals surface area contributed by atoms with E-state index in [2.05, 4.69) is 47.6 Å². The Morgan fingerprint density at radius 2 is 2.08 bits per heavy atom. The van der Waals surface area contributed by atoms with Gasteiger partial charge in [-0.2, -0.15) is 10.1 Å². The molecule has 202 valence electrons. The van der Waals surface area contributed by atoms with Gasteiger partial charge >= 0.3 is 0 Å². The second-order valence-corrected chi connectivity index (χ2v) is 9.76. The molecule has 4 aromatic rings. The topological polar surface area (TPSA) is 129 Å². The Morgan fingerprint density at radius 1 is 1.26 bits per heavy atom. The molecule has 5 rings (SSSR count). The number of pyridine rings is 1. The summed E-state index contributed by atoms with van der Waals surface area (Å²) in [6.07, 6.45) is 5.95. The van der Waals surface area contributed by atoms with Gasteiger partial charge < -0.3 is 15.6 Å². The molecular weight excluding hydrogens is 572 g/mol. The molecular formula is C27H32BrClN6O3. The molecule has 1 unspecified atom stereocenters. The van der Waals surface area contributed by atoms with Crippen molar-refractivity contribution in [3.8, 4) is 0 Å². The number of hydrogen-bond donors (Lipinski definition) is 2. The minimum absolute atomic E-state index is 0.121. The lowest BCUT2D eigenvalue weighted by atomic mass is 9.95. The Morgan fingerprint density at radius 3 is 2.71 bits per heavy atom. The number of rotatable bonds is 7. The summed E-state index contributed by atoms with van der Waals surface area (Å²) < 4.78 is 7.22. The third-order valence-electron chi connectivity index (χ3n) is 5.68. The summed E-state index contributed by atoms with van der Waals surface area (Å²) in [5.41, 5.74) is 9.59. The standard InChI is InChI=1S/C17H14BrClN4O.C7H10N2.C3H8O2/c1-2-5-23-8-12-15(20-17(19)21-16(12)22-23)14-11-7-10(18)4-3-9(11)6-13(14)24;8-5-4-7-3-1-2-6-9-7;1-5-3-2-4/h3-4,7-8,14H,2,5-6H2,1H3;1-3,6H,4-5,8H2;4H,2-3H2,1H3. The van der Waals surface area contributed by atoms with Gasteiger partial charge in [0.15, 0.2) is 11.4 Å². The SMILES string of the molecule is CCCn1cc2c(C3C(=O)Cc4ccc(Br)cc43)nc(Cl)nc2n1.COCCO.NCCc1ccccn1. The zero-order valence-electron chi connectivity index (χ0n) is 21.5. The number of aromatic nitrogens is 5. The van der Waals surface area contributed by atoms with Crippen molar-refractivity contribution in [2.24, 2.45) is 5.73 Å². The summed E-state index contributed by atoms with van der Waals surface area (Å²) in [7, 11) is 1.55. The number of nitrogens with zero attached hydrogens (tertiary/aromatic N) is 5. The van der Waals surface area contributed by atoms with E-state index in [4.69, 9.17) is 22.4 Å². The van der Waals surface area contributed by atoms with E-state index in [1.54, 1.807) is 13.3 Å². The Bertz CT molecular complexity index is 1330. The van der Waals surface area contributed by atoms with Crippen LogP contribution in [0.3, 0.4) is 0 Å². The Labute approximate surface area is 235 Å². The van der Waals surface area contributed by atoms with Crippen molar-refractivity contribution in [3.63, 3.8) is 0 Å². The lowest BCUT2D eigenvalue weighted by Gasteiger charge is -2.11. The molecule has 3 N–H and O–H groups in total. The number of carbonyl (C=O) groups excluding carboxylic acids is 1. The molecule has 3 aromatic heterocycles. The molecule has 0 amide bonds. The average Bonchev–Trinajstić information content (AvgIpc) is 3.45. The van der Waals surface area contributed by atoms with Crippen molar-refractivity contribution in [1.29, 1.82) is 0 Å². The maximum Gasteiger partial charge on any atom is 0.224 e. The quantitative estimate of drug-likeness (QED) is 0.302. The van der Waals surface area contributed by atoms with Crippen LogP contribution in [0.5, 0.6) is 0 Å². The second-order valence-electron chi connectivity index (χ2n) is 8.50. The molecule has 0 spiro atoms. The fourth-order valence-electron chi connectivity index (χ4n) is 4.05. The van der Waals surface area contributed by atoms with E-state index < -0.39 is 5.92 Å². The normalized spacial score (nSPS) is 13.9. The highest BCUT2D eigenvalue weighted by atomic mass is 79.9. The zero-order chi connectivity index (χ0) is 27.5. The minimum Gasteiger partial charge on any atom is -0.394 e. The number of fused-ring (bicyclic) bond motifs is 2. The largest absolute Gasteiger partial charge is 0.394 e. The van der Waals surface area contributed by atoms with Crippen LogP contribution in [0.4, 0.5) is 0 Å². The minimum atomic E-state index is -0.417. The second kappa shape index (κ2) is 15.0. The van der Waals surface area contributed by atoms with Gasteiger partial charge in [-0.05, 0) is 60.0 Å². The highest BCUT2D eigenvalue weighted by molar-refractivity contribution is 9.10. The predicted molar refractivity (Wildman–Crippen MR) is 151 cm³/mol. The van der Waals surface area contributed by atoms with E-state index in [1.165, 1.54) is 0 Å². The molecule has 3 heterocycles. The van der Waals surface area contributed by atoms with Gasteiger partial charge in [-0.3, -0.25) is 14.5 Å². The van der Waals surface area contributed by atoms with Crippen LogP contribution in [0.2, 0.25) is 5.28 Å². The first kappa shape index (κ1) is 29.8. The van der Waals surface area contributed by atoms with Crippen LogP contribution in [0.15, 0.2) is 53.3 Å². The van der Waals surface area contributed by atoms with Gasteiger partial charge in [0.1, 0.15) is 0 Å². The highest BCUT2D eigenvalue weighted by Gasteiger charge is 2.35. The average molecular weight is 604 g/mol. The molecule has 0 saturated heterocycles. The summed E-state index contributed by atoms with van der Waals surface area (Å²) in [6.45, 7) is 4.11. The monoisotopic (exact) mass is 602 g/mol. The third kappa shape index (κ3) is 7.87. The molecule has 0 aliphatic heterocycles. The number of benzene rings is 1. The number of hydrogen-bond acceptors (Lipinski definition) is 8. The van der Waals surface area contributed by atoms with E-state index in [0.717, 1.165) is 46.1 Å². The number of Topliss-reactive ketones (excluding diaryl/α,β-unsaturated/α-hetero) is 1. The van der Waals surface area contributed by atoms with Crippen molar-refractivity contribution in [3.05, 3.63) is 81.1 Å². The van der Waals surface area contributed by atoms with Crippen LogP contribution < -0.4 is 5.73 Å². The number of aryl methyl sites for hydroxylation is 1. The molecule has 9 nitrogen and oxygen atoms in total. The number of carbonyl (C=O) groups is 1. The molecule has 1 aromatic carbocycles. The summed E-state index contributed by atoms with van der Waals surface area (Å²) in [4.78, 5) is 25.4. The molecule has 38 heavy (non-hydrogen) atoms. The van der Waals surface area contributed by atoms with Crippen LogP contribution in [0.1, 0.15) is 41.8 Å². The Kier molecular flexibility index (Phi) is 11.8.